The highest BCUT2D eigenvalue weighted by molar-refractivity contribution is 7.86. The molecule has 1 heterocycles. The SMILES string of the molecule is CCn1c(O)c(/N=N/c2ccc(/N=N/c3cc(OCCO)c(/N=N/c4c(S(=O)(=O)O)cc5cc(S(=O)(=O)O)cc(O)c5c4O)cc3OCCO)cc2S(=O)(=O)O)c(C)c(C(N)=O)c1=O. The van der Waals surface area contributed by atoms with Crippen molar-refractivity contribution in [2.75, 3.05) is 26.4 Å². The van der Waals surface area contributed by atoms with Crippen molar-refractivity contribution >= 4 is 81.2 Å². The Bertz CT molecular complexity index is 3210. The van der Waals surface area contributed by atoms with E-state index < -0.39 is 134 Å². The molecule has 0 aliphatic carbocycles. The summed E-state index contributed by atoms with van der Waals surface area (Å²) in [7, 11) is -15.3. The van der Waals surface area contributed by atoms with Crippen LogP contribution in [0.2, 0.25) is 0 Å². The van der Waals surface area contributed by atoms with Crippen LogP contribution in [-0.4, -0.2) is 101 Å². The van der Waals surface area contributed by atoms with Gasteiger partial charge in [0.2, 0.25) is 5.88 Å². The molecular weight excluding hydrogens is 917 g/mol. The van der Waals surface area contributed by atoms with Crippen molar-refractivity contribution in [1.29, 1.82) is 0 Å². The highest BCUT2D eigenvalue weighted by Gasteiger charge is 2.27. The molecule has 0 saturated carbocycles. The smallest absolute Gasteiger partial charge is 0.296 e. The predicted molar refractivity (Wildman–Crippen MR) is 219 cm³/mol. The number of aromatic nitrogens is 1. The lowest BCUT2D eigenvalue weighted by atomic mass is 10.1. The van der Waals surface area contributed by atoms with Gasteiger partial charge >= 0.3 is 0 Å². The summed E-state index contributed by atoms with van der Waals surface area (Å²) in [6.07, 6.45) is 0. The van der Waals surface area contributed by atoms with Gasteiger partial charge in [0.05, 0.1) is 29.2 Å². The minimum Gasteiger partial charge on any atom is -0.507 e. The monoisotopic (exact) mass is 950 g/mol. The zero-order chi connectivity index (χ0) is 47.5. The normalized spacial score (nSPS) is 12.5. The summed E-state index contributed by atoms with van der Waals surface area (Å²) in [4.78, 5) is 21.8. The number of aliphatic hydroxyl groups excluding tert-OH is 2. The number of benzene rings is 4. The first-order valence-electron chi connectivity index (χ1n) is 17.7. The zero-order valence-corrected chi connectivity index (χ0v) is 35.2. The Balaban J connectivity index is 1.62. The quantitative estimate of drug-likeness (QED) is 0.0464. The number of ether oxygens (including phenoxy) is 2. The maximum atomic E-state index is 12.7. The largest absolute Gasteiger partial charge is 0.507 e. The van der Waals surface area contributed by atoms with Gasteiger partial charge < -0.3 is 40.7 Å². The molecule has 1 amide bonds. The Morgan fingerprint density at radius 2 is 1.25 bits per heavy atom. The summed E-state index contributed by atoms with van der Waals surface area (Å²) >= 11 is 0. The third-order valence-corrected chi connectivity index (χ3v) is 11.2. The van der Waals surface area contributed by atoms with E-state index in [9.17, 15) is 74.0 Å². The van der Waals surface area contributed by atoms with Gasteiger partial charge in [0.25, 0.3) is 41.8 Å². The van der Waals surface area contributed by atoms with Gasteiger partial charge in [-0.05, 0) is 49.6 Å². The molecular formula is C35H34N8O18S3. The minimum atomic E-state index is -5.29. The molecule has 0 radical (unpaired) electrons. The molecule has 26 nitrogen and oxygen atoms in total. The van der Waals surface area contributed by atoms with E-state index in [0.717, 1.165) is 34.9 Å². The number of aliphatic hydroxyl groups is 2. The molecule has 5 aromatic rings. The average Bonchev–Trinajstić information content (AvgIpc) is 3.20. The van der Waals surface area contributed by atoms with Crippen LogP contribution in [0.3, 0.4) is 0 Å². The van der Waals surface area contributed by atoms with Crippen molar-refractivity contribution in [3.05, 3.63) is 70.0 Å². The number of rotatable bonds is 17. The molecule has 0 aliphatic rings. The molecule has 64 heavy (non-hydrogen) atoms. The topological polar surface area (TPSA) is 422 Å². The van der Waals surface area contributed by atoms with E-state index in [0.29, 0.717) is 18.2 Å². The molecule has 0 aliphatic heterocycles. The number of aromatic hydroxyl groups is 3. The second-order valence-corrected chi connectivity index (χ2v) is 17.0. The Hall–Kier alpha value is -6.99. The van der Waals surface area contributed by atoms with E-state index in [1.165, 1.54) is 13.8 Å². The number of nitrogens with zero attached hydrogens (tertiary/aromatic N) is 7. The number of fused-ring (bicyclic) bond motifs is 1. The summed E-state index contributed by atoms with van der Waals surface area (Å²) in [5.41, 5.74) is 1.01. The van der Waals surface area contributed by atoms with Crippen molar-refractivity contribution in [3.8, 4) is 28.9 Å². The Kier molecular flexibility index (Phi) is 14.1. The average molecular weight is 951 g/mol. The fraction of sp³-hybridized carbons (Fsp3) is 0.200. The first-order chi connectivity index (χ1) is 29.9. The van der Waals surface area contributed by atoms with Gasteiger partial charge in [0.15, 0.2) is 5.75 Å². The van der Waals surface area contributed by atoms with Crippen LogP contribution >= 0.6 is 0 Å². The van der Waals surface area contributed by atoms with Crippen LogP contribution < -0.4 is 20.8 Å². The molecule has 0 bridgehead atoms. The second kappa shape index (κ2) is 18.8. The number of phenols is 2. The maximum absolute atomic E-state index is 12.7. The van der Waals surface area contributed by atoms with E-state index >= 15 is 0 Å². The van der Waals surface area contributed by atoms with Gasteiger partial charge in [0, 0.05) is 30.3 Å². The number of pyridine rings is 1. The van der Waals surface area contributed by atoms with Crippen molar-refractivity contribution in [2.24, 2.45) is 36.4 Å². The van der Waals surface area contributed by atoms with Crippen LogP contribution in [0.1, 0.15) is 22.8 Å². The van der Waals surface area contributed by atoms with Crippen molar-refractivity contribution in [3.63, 3.8) is 0 Å². The summed E-state index contributed by atoms with van der Waals surface area (Å²) in [5, 5.41) is 73.4. The van der Waals surface area contributed by atoms with Crippen LogP contribution in [0.15, 0.2) is 98.7 Å². The zero-order valence-electron chi connectivity index (χ0n) is 32.7. The van der Waals surface area contributed by atoms with Crippen LogP contribution in [0.4, 0.5) is 34.1 Å². The molecule has 4 aromatic carbocycles. The molecule has 5 rings (SSSR count). The van der Waals surface area contributed by atoms with Gasteiger partial charge in [-0.2, -0.15) is 30.4 Å². The van der Waals surface area contributed by atoms with E-state index in [2.05, 4.69) is 30.7 Å². The lowest BCUT2D eigenvalue weighted by Gasteiger charge is -2.13. The molecule has 340 valence electrons. The Morgan fingerprint density at radius 3 is 1.77 bits per heavy atom. The standard InChI is InChI=1S/C35H34N8O18S3/c1-3-43-34(49)28(33(36)48)16(2)30(35(43)50)41-38-20-5-4-18(12-26(20)63(54,55)56)37-39-21-14-25(61-9-7-45)22(15-24(21)60-8-6-44)40-42-31-27(64(57,58)59)11-17-10-19(62(51,52)53)13-23(46)29(17)32(31)47/h4-5,10-15,44-47,50H,3,6-9H2,1-2H3,(H2,36,48)(H,51,52,53)(H,54,55,56)(H,57,58,59)/b39-37+,41-38+,42-40+. The lowest BCUT2D eigenvalue weighted by molar-refractivity contribution is 0.0997. The summed E-state index contributed by atoms with van der Waals surface area (Å²) in [5.74, 6) is -4.49. The second-order valence-electron chi connectivity index (χ2n) is 12.8. The molecule has 0 saturated heterocycles. The first-order valence-corrected chi connectivity index (χ1v) is 22.0. The van der Waals surface area contributed by atoms with E-state index in [4.69, 9.17) is 15.2 Å². The van der Waals surface area contributed by atoms with Crippen LogP contribution in [-0.2, 0) is 36.9 Å². The molecule has 0 spiro atoms. The van der Waals surface area contributed by atoms with Crippen molar-refractivity contribution < 1.29 is 78.7 Å². The fourth-order valence-electron chi connectivity index (χ4n) is 5.80. The molecule has 0 fully saturated rings. The maximum Gasteiger partial charge on any atom is 0.296 e. The van der Waals surface area contributed by atoms with Gasteiger partial charge in [-0.25, -0.2) is 0 Å². The predicted octanol–water partition coefficient (Wildman–Crippen LogP) is 4.27. The minimum absolute atomic E-state index is 0.120. The van der Waals surface area contributed by atoms with Crippen LogP contribution in [0.5, 0.6) is 28.9 Å². The van der Waals surface area contributed by atoms with Crippen molar-refractivity contribution in [2.45, 2.75) is 35.1 Å². The number of primary amides is 1. The first kappa shape index (κ1) is 48.0. The molecule has 0 unspecified atom stereocenters. The highest BCUT2D eigenvalue weighted by atomic mass is 32.2. The molecule has 1 aromatic heterocycles. The van der Waals surface area contributed by atoms with Crippen LogP contribution in [0, 0.1) is 6.92 Å². The van der Waals surface area contributed by atoms with Crippen molar-refractivity contribution in [1.82, 2.24) is 4.57 Å². The van der Waals surface area contributed by atoms with Gasteiger partial charge in [0.1, 0.15) is 74.3 Å². The molecule has 29 heteroatoms. The summed E-state index contributed by atoms with van der Waals surface area (Å²) in [6.45, 7) is 0.664. The van der Waals surface area contributed by atoms with Gasteiger partial charge in [-0.15, -0.1) is 25.6 Å². The number of hydrogen-bond acceptors (Lipinski definition) is 21. The number of nitrogens with two attached hydrogens (primary N) is 1. The van der Waals surface area contributed by atoms with E-state index in [1.54, 1.807) is 0 Å². The Morgan fingerprint density at radius 1 is 0.703 bits per heavy atom. The summed E-state index contributed by atoms with van der Waals surface area (Å²) < 4.78 is 115. The summed E-state index contributed by atoms with van der Waals surface area (Å²) in [6, 6.07) is 6.99. The number of carbonyl (C=O) groups excluding carboxylic acids is 1. The highest BCUT2D eigenvalue weighted by Crippen LogP contribution is 2.47. The third kappa shape index (κ3) is 10.3. The number of azo groups is 3. The number of hydrogen-bond donors (Lipinski definition) is 9. The molecule has 10 N–H and O–H groups in total. The lowest BCUT2D eigenvalue weighted by Crippen LogP contribution is -2.30. The number of carbonyl (C=O) groups is 1. The fourth-order valence-corrected chi connectivity index (χ4v) is 7.64. The Labute approximate surface area is 360 Å². The van der Waals surface area contributed by atoms with Crippen LogP contribution in [0.25, 0.3) is 10.8 Å². The van der Waals surface area contributed by atoms with E-state index in [-0.39, 0.29) is 40.7 Å². The third-order valence-electron chi connectivity index (χ3n) is 8.65. The number of amides is 1. The molecule has 0 atom stereocenters. The van der Waals surface area contributed by atoms with Gasteiger partial charge in [-0.3, -0.25) is 27.8 Å². The number of phenolic OH excluding ortho intramolecular Hbond substituents is 2. The van der Waals surface area contributed by atoms with E-state index in [1.807, 2.05) is 0 Å². The van der Waals surface area contributed by atoms with Gasteiger partial charge in [-0.1, -0.05) is 0 Å².